The van der Waals surface area contributed by atoms with E-state index in [9.17, 15) is 0 Å². The molecule has 268 valence electrons. The summed E-state index contributed by atoms with van der Waals surface area (Å²) in [4.78, 5) is 2.51. The van der Waals surface area contributed by atoms with Crippen LogP contribution in [0, 0.1) is 48.3 Å². The number of rotatable bonds is 6. The Morgan fingerprint density at radius 3 is 2.06 bits per heavy atom. The summed E-state index contributed by atoms with van der Waals surface area (Å²) in [5.41, 5.74) is 12.9. The van der Waals surface area contributed by atoms with Gasteiger partial charge in [-0.3, -0.25) is 5.10 Å². The number of benzene rings is 4. The number of nitrogens with one attached hydrogen (secondary N) is 1. The third kappa shape index (κ3) is 5.45. The smallest absolute Gasteiger partial charge is 0.113 e. The summed E-state index contributed by atoms with van der Waals surface area (Å²) in [6.45, 7) is 9.78. The number of H-pyrrole nitrogens is 1. The quantitative estimate of drug-likeness (QED) is 0.193. The fourth-order valence-corrected chi connectivity index (χ4v) is 13.2. The first-order valence-corrected chi connectivity index (χ1v) is 20.7. The van der Waals surface area contributed by atoms with Gasteiger partial charge in [-0.15, -0.1) is 5.10 Å². The van der Waals surface area contributed by atoms with Crippen LogP contribution in [0.4, 0.5) is 17.1 Å². The van der Waals surface area contributed by atoms with E-state index in [0.29, 0.717) is 10.8 Å². The monoisotopic (exact) mass is 688 g/mol. The molecule has 5 aromatic rings. The number of hydrogen-bond donors (Lipinski definition) is 1. The van der Waals surface area contributed by atoms with Gasteiger partial charge in [0.05, 0.1) is 5.52 Å². The van der Waals surface area contributed by atoms with Gasteiger partial charge in [0.25, 0.3) is 0 Å². The maximum atomic E-state index is 4.33. The number of anilines is 3. The predicted molar refractivity (Wildman–Crippen MR) is 214 cm³/mol. The van der Waals surface area contributed by atoms with E-state index in [1.54, 1.807) is 11.1 Å². The van der Waals surface area contributed by atoms with Crippen LogP contribution in [0.5, 0.6) is 0 Å². The van der Waals surface area contributed by atoms with E-state index >= 15 is 0 Å². The number of aromatic amines is 1. The molecule has 4 nitrogen and oxygen atoms in total. The molecule has 10 rings (SSSR count). The highest BCUT2D eigenvalue weighted by Gasteiger charge is 2.57. The Bertz CT molecular complexity index is 2080. The van der Waals surface area contributed by atoms with Gasteiger partial charge in [0.1, 0.15) is 5.52 Å². The number of hydrogen-bond acceptors (Lipinski definition) is 3. The maximum Gasteiger partial charge on any atom is 0.113 e. The number of aryl methyl sites for hydroxylation is 1. The molecule has 5 aliphatic carbocycles. The van der Waals surface area contributed by atoms with Crippen LogP contribution in [-0.4, -0.2) is 15.4 Å². The van der Waals surface area contributed by atoms with Crippen LogP contribution in [0.2, 0.25) is 0 Å². The van der Waals surface area contributed by atoms with Crippen LogP contribution in [0.1, 0.15) is 108 Å². The van der Waals surface area contributed by atoms with Crippen molar-refractivity contribution in [3.05, 3.63) is 102 Å². The van der Waals surface area contributed by atoms with Crippen LogP contribution in [0.25, 0.3) is 22.2 Å². The van der Waals surface area contributed by atoms with Gasteiger partial charge in [0.15, 0.2) is 0 Å². The van der Waals surface area contributed by atoms with Gasteiger partial charge in [-0.2, -0.15) is 0 Å². The molecule has 0 aliphatic heterocycles. The van der Waals surface area contributed by atoms with Gasteiger partial charge in [-0.25, -0.2) is 0 Å². The lowest BCUT2D eigenvalue weighted by atomic mass is 9.63. The molecule has 52 heavy (non-hydrogen) atoms. The Hall–Kier alpha value is -3.92. The fraction of sp³-hybridized carbons (Fsp3) is 0.500. The van der Waals surface area contributed by atoms with Crippen molar-refractivity contribution in [2.75, 3.05) is 4.90 Å². The number of fused-ring (bicyclic) bond motifs is 5. The van der Waals surface area contributed by atoms with E-state index in [4.69, 9.17) is 0 Å². The van der Waals surface area contributed by atoms with Crippen molar-refractivity contribution in [3.63, 3.8) is 0 Å². The van der Waals surface area contributed by atoms with Crippen LogP contribution in [0.15, 0.2) is 84.9 Å². The lowest BCUT2D eigenvalue weighted by Crippen LogP contribution is -2.34. The molecule has 1 aromatic heterocycles. The van der Waals surface area contributed by atoms with Gasteiger partial charge < -0.3 is 4.90 Å². The second-order valence-electron chi connectivity index (χ2n) is 18.9. The number of para-hydroxylation sites is 1. The van der Waals surface area contributed by atoms with E-state index in [1.165, 1.54) is 98.8 Å². The fourth-order valence-electron chi connectivity index (χ4n) is 13.2. The molecule has 4 heteroatoms. The zero-order valence-electron chi connectivity index (χ0n) is 31.7. The standard InChI is InChI=1S/C48H56N4/c1-30-20-36(43-6-5-7-45-46(43)50-51-49-45)24-42(22-30)52(40-12-8-38(9-13-40)47-17-16-34(18-31(2)25-47)19-32(3)26-47)41-14-10-39(11-15-41)48-27-33(4)21-35-23-37(28-48)44(35)29-48/h5-15,20,22,24,31-35,37,44H,16-19,21,23,25-29H2,1-4H3,(H,49,50,51)/t31-,32+,33-,34+,35+,37+,44?,47?,48?/m1/s1. The summed E-state index contributed by atoms with van der Waals surface area (Å²) in [7, 11) is 0. The minimum Gasteiger partial charge on any atom is -0.310 e. The van der Waals surface area contributed by atoms with Crippen molar-refractivity contribution >= 4 is 28.1 Å². The van der Waals surface area contributed by atoms with E-state index in [0.717, 1.165) is 58.0 Å². The Labute approximate surface area is 310 Å². The lowest BCUT2D eigenvalue weighted by Gasteiger charge is -2.42. The van der Waals surface area contributed by atoms with Gasteiger partial charge >= 0.3 is 0 Å². The van der Waals surface area contributed by atoms with Crippen molar-refractivity contribution < 1.29 is 0 Å². The zero-order chi connectivity index (χ0) is 35.2. The molecule has 1 N–H and O–H groups in total. The number of aromatic nitrogens is 3. The molecule has 4 aromatic carbocycles. The third-order valence-corrected chi connectivity index (χ3v) is 15.0. The van der Waals surface area contributed by atoms with Crippen molar-refractivity contribution in [1.29, 1.82) is 0 Å². The molecular formula is C48H56N4. The van der Waals surface area contributed by atoms with Gasteiger partial charge in [-0.05, 0) is 195 Å². The Kier molecular flexibility index (Phi) is 7.75. The van der Waals surface area contributed by atoms with Crippen molar-refractivity contribution in [3.8, 4) is 11.1 Å². The highest BCUT2D eigenvalue weighted by molar-refractivity contribution is 5.93. The van der Waals surface area contributed by atoms with Crippen LogP contribution in [0.3, 0.4) is 0 Å². The molecule has 0 amide bonds. The summed E-state index contributed by atoms with van der Waals surface area (Å²) in [6.07, 6.45) is 15.3. The first kappa shape index (κ1) is 32.7. The van der Waals surface area contributed by atoms with Crippen LogP contribution in [-0.2, 0) is 10.8 Å². The second-order valence-corrected chi connectivity index (χ2v) is 18.9. The molecule has 5 saturated carbocycles. The average Bonchev–Trinajstić information content (AvgIpc) is 3.58. The third-order valence-electron chi connectivity index (χ3n) is 15.0. The second kappa shape index (κ2) is 12.3. The molecule has 9 atom stereocenters. The van der Waals surface area contributed by atoms with E-state index in [2.05, 4.69) is 127 Å². The molecule has 0 radical (unpaired) electrons. The van der Waals surface area contributed by atoms with Crippen LogP contribution < -0.4 is 4.90 Å². The normalized spacial score (nSPS) is 33.7. The van der Waals surface area contributed by atoms with E-state index in [1.807, 2.05) is 6.07 Å². The van der Waals surface area contributed by atoms with Crippen molar-refractivity contribution in [2.45, 2.75) is 109 Å². The lowest BCUT2D eigenvalue weighted by molar-refractivity contribution is 0.0780. The summed E-state index contributed by atoms with van der Waals surface area (Å²) >= 11 is 0. The van der Waals surface area contributed by atoms with Crippen molar-refractivity contribution in [2.24, 2.45) is 41.4 Å². The van der Waals surface area contributed by atoms with E-state index in [-0.39, 0.29) is 0 Å². The zero-order valence-corrected chi connectivity index (χ0v) is 31.7. The summed E-state index contributed by atoms with van der Waals surface area (Å²) < 4.78 is 0. The molecule has 0 spiro atoms. The number of nitrogens with zero attached hydrogens (tertiary/aromatic N) is 3. The van der Waals surface area contributed by atoms with Crippen LogP contribution >= 0.6 is 0 Å². The van der Waals surface area contributed by atoms with Gasteiger partial charge in [0, 0.05) is 22.6 Å². The maximum absolute atomic E-state index is 4.33. The molecule has 3 unspecified atom stereocenters. The molecule has 0 saturated heterocycles. The summed E-state index contributed by atoms with van der Waals surface area (Å²) in [6, 6.07) is 33.1. The first-order chi connectivity index (χ1) is 25.2. The molecule has 4 bridgehead atoms. The van der Waals surface area contributed by atoms with E-state index < -0.39 is 0 Å². The highest BCUT2D eigenvalue weighted by Crippen LogP contribution is 2.65. The summed E-state index contributed by atoms with van der Waals surface area (Å²) in [5.74, 6) is 6.25. The molecule has 1 heterocycles. The predicted octanol–water partition coefficient (Wildman–Crippen LogP) is 12.6. The molecular weight excluding hydrogens is 633 g/mol. The van der Waals surface area contributed by atoms with Gasteiger partial charge in [-0.1, -0.05) is 68.4 Å². The highest BCUT2D eigenvalue weighted by atomic mass is 15.3. The van der Waals surface area contributed by atoms with Gasteiger partial charge in [0.2, 0.25) is 0 Å². The summed E-state index contributed by atoms with van der Waals surface area (Å²) in [5, 5.41) is 11.6. The largest absolute Gasteiger partial charge is 0.310 e. The topological polar surface area (TPSA) is 44.8 Å². The SMILES string of the molecule is Cc1cc(-c2cccc3nn[nH]c23)cc(N(c2ccc(C34CC[C@@H](C[C@@H](C)C3)C[C@H](C)C4)cc2)c2ccc(C34CC5[C@@H](C[C@@H](C)C3)C[C@H]5C4)cc2)c1. The first-order valence-electron chi connectivity index (χ1n) is 20.7. The molecule has 5 fully saturated rings. The average molecular weight is 689 g/mol. The molecule has 5 aliphatic rings. The Balaban J connectivity index is 1.06. The Morgan fingerprint density at radius 2 is 1.33 bits per heavy atom. The minimum absolute atomic E-state index is 0.303. The minimum atomic E-state index is 0.303. The Morgan fingerprint density at radius 1 is 0.654 bits per heavy atom. The van der Waals surface area contributed by atoms with Crippen molar-refractivity contribution in [1.82, 2.24) is 15.4 Å².